The van der Waals surface area contributed by atoms with Crippen LogP contribution in [0.15, 0.2) is 42.5 Å². The van der Waals surface area contributed by atoms with Crippen LogP contribution in [-0.4, -0.2) is 42.6 Å². The van der Waals surface area contributed by atoms with E-state index in [1.54, 1.807) is 18.2 Å². The van der Waals surface area contributed by atoms with Crippen molar-refractivity contribution in [2.45, 2.75) is 50.8 Å². The molecule has 4 aromatic rings. The van der Waals surface area contributed by atoms with Gasteiger partial charge in [0.25, 0.3) is 0 Å². The highest BCUT2D eigenvalue weighted by atomic mass is 35.5. The number of nitrogens with one attached hydrogen (secondary N) is 2. The lowest BCUT2D eigenvalue weighted by Crippen LogP contribution is -2.50. The van der Waals surface area contributed by atoms with E-state index in [0.29, 0.717) is 51.4 Å². The Hall–Kier alpha value is -2.87. The minimum atomic E-state index is -1.20. The van der Waals surface area contributed by atoms with Crippen LogP contribution in [0.25, 0.3) is 22.3 Å². The van der Waals surface area contributed by atoms with Crippen LogP contribution in [0.2, 0.25) is 10.0 Å². The van der Waals surface area contributed by atoms with Gasteiger partial charge in [0.05, 0.1) is 21.5 Å². The predicted octanol–water partition coefficient (Wildman–Crippen LogP) is 6.13. The number of aromatic amines is 1. The minimum absolute atomic E-state index is 0.00147. The van der Waals surface area contributed by atoms with Crippen LogP contribution >= 0.6 is 23.2 Å². The number of piperidine rings is 1. The van der Waals surface area contributed by atoms with E-state index in [-0.39, 0.29) is 21.9 Å². The Morgan fingerprint density at radius 1 is 1.12 bits per heavy atom. The van der Waals surface area contributed by atoms with Crippen molar-refractivity contribution in [2.75, 3.05) is 18.0 Å². The second-order valence-electron chi connectivity index (χ2n) is 11.5. The Balaban J connectivity index is 1.29. The number of aromatic nitrogens is 4. The summed E-state index contributed by atoms with van der Waals surface area (Å²) in [4.78, 5) is 11.6. The van der Waals surface area contributed by atoms with E-state index in [1.165, 1.54) is 11.1 Å². The third-order valence-corrected chi connectivity index (χ3v) is 10.4. The fourth-order valence-corrected chi connectivity index (χ4v) is 7.24. The van der Waals surface area contributed by atoms with Gasteiger partial charge in [-0.2, -0.15) is 15.3 Å². The lowest BCUT2D eigenvalue weighted by Gasteiger charge is -2.43. The smallest absolute Gasteiger partial charge is 0.228 e. The number of hydrogen-bond acceptors (Lipinski definition) is 7. The lowest BCUT2D eigenvalue weighted by molar-refractivity contribution is 0.175. The maximum Gasteiger partial charge on any atom is 0.228 e. The summed E-state index contributed by atoms with van der Waals surface area (Å²) in [7, 11) is 0. The topological polar surface area (TPSA) is 117 Å². The average molecular weight is 595 g/mol. The van der Waals surface area contributed by atoms with Gasteiger partial charge in [0.1, 0.15) is 16.5 Å². The average Bonchev–Trinajstić information content (AvgIpc) is 3.49. The normalized spacial score (nSPS) is 19.1. The first-order chi connectivity index (χ1) is 19.1. The van der Waals surface area contributed by atoms with Crippen molar-refractivity contribution in [1.82, 2.24) is 24.9 Å². The maximum absolute atomic E-state index is 13.2. The fraction of sp³-hybridized carbons (Fsp3) is 0.379. The zero-order valence-electron chi connectivity index (χ0n) is 22.5. The summed E-state index contributed by atoms with van der Waals surface area (Å²) in [6.45, 7) is 7.41. The molecule has 8 nitrogen and oxygen atoms in total. The standard InChI is InChI=1S/C29H29Cl2N7OS/c1-28(2,3)40(39)37-25-18-8-5-4-7-17(18)15-29(25)11-13-38(14-12-29)27-33-21(16-32)22-24(35-36-26(22)34-27)19-9-6-10-20(30)23(19)31/h4-10,25,37H,11-15H2,1-3H3,(H,33,34,35,36)/t25-,40-/m1/s1. The zero-order chi connectivity index (χ0) is 28.2. The summed E-state index contributed by atoms with van der Waals surface area (Å²) in [5, 5.41) is 18.7. The highest BCUT2D eigenvalue weighted by Gasteiger charge is 2.50. The molecule has 40 heavy (non-hydrogen) atoms. The summed E-state index contributed by atoms with van der Waals surface area (Å²) in [6.07, 6.45) is 2.68. The van der Waals surface area contributed by atoms with Crippen LogP contribution in [-0.2, 0) is 17.8 Å². The molecule has 2 atom stereocenters. The molecule has 1 aliphatic heterocycles. The van der Waals surface area contributed by atoms with Crippen molar-refractivity contribution in [3.8, 4) is 17.3 Å². The van der Waals surface area contributed by atoms with Crippen molar-refractivity contribution in [3.05, 3.63) is 69.3 Å². The van der Waals surface area contributed by atoms with Crippen LogP contribution in [0.4, 0.5) is 5.95 Å². The molecule has 2 N–H and O–H groups in total. The van der Waals surface area contributed by atoms with E-state index in [9.17, 15) is 9.81 Å². The van der Waals surface area contributed by atoms with E-state index in [4.69, 9.17) is 28.2 Å². The first-order valence-corrected chi connectivity index (χ1v) is 15.1. The third-order valence-electron chi connectivity index (χ3n) is 8.06. The van der Waals surface area contributed by atoms with Crippen molar-refractivity contribution in [1.29, 1.82) is 5.26 Å². The summed E-state index contributed by atoms with van der Waals surface area (Å²) in [6, 6.07) is 16.0. The Labute approximate surface area is 246 Å². The highest BCUT2D eigenvalue weighted by Crippen LogP contribution is 2.53. The Morgan fingerprint density at radius 2 is 1.88 bits per heavy atom. The number of benzene rings is 2. The van der Waals surface area contributed by atoms with Gasteiger partial charge in [-0.3, -0.25) is 5.10 Å². The molecule has 11 heteroatoms. The summed E-state index contributed by atoms with van der Waals surface area (Å²) in [5.74, 6) is 0.490. The second-order valence-corrected chi connectivity index (χ2v) is 14.3. The largest absolute Gasteiger partial charge is 0.598 e. The number of fused-ring (bicyclic) bond motifs is 2. The van der Waals surface area contributed by atoms with E-state index < -0.39 is 11.4 Å². The molecular formula is C29H29Cl2N7OS. The number of anilines is 1. The highest BCUT2D eigenvalue weighted by molar-refractivity contribution is 7.90. The first kappa shape index (κ1) is 27.3. The second kappa shape index (κ2) is 10.2. The van der Waals surface area contributed by atoms with Gasteiger partial charge in [-0.1, -0.05) is 59.6 Å². The molecule has 6 rings (SSSR count). The maximum atomic E-state index is 13.2. The number of nitriles is 1. The molecule has 1 aliphatic carbocycles. The molecule has 3 heterocycles. The number of nitrogens with zero attached hydrogens (tertiary/aromatic N) is 5. The molecule has 0 bridgehead atoms. The van der Waals surface area contributed by atoms with Crippen molar-refractivity contribution in [2.24, 2.45) is 5.41 Å². The molecule has 1 fully saturated rings. The lowest BCUT2D eigenvalue weighted by atomic mass is 9.73. The van der Waals surface area contributed by atoms with E-state index in [1.807, 2.05) is 20.8 Å². The van der Waals surface area contributed by atoms with Crippen LogP contribution in [0.3, 0.4) is 0 Å². The number of H-pyrrole nitrogens is 1. The predicted molar refractivity (Wildman–Crippen MR) is 160 cm³/mol. The van der Waals surface area contributed by atoms with Gasteiger partial charge in [0, 0.05) is 35.4 Å². The molecule has 1 spiro atoms. The molecule has 1 saturated heterocycles. The van der Waals surface area contributed by atoms with Crippen molar-refractivity contribution in [3.63, 3.8) is 0 Å². The van der Waals surface area contributed by atoms with Gasteiger partial charge in [0.15, 0.2) is 11.3 Å². The fourth-order valence-electron chi connectivity index (χ4n) is 5.90. The SMILES string of the molecule is CC(C)(C)[S@@+]([O-])N[C@@H]1c2ccccc2CC12CCN(c1nc(C#N)c3c(-c4cccc(Cl)c4Cl)n[nH]c3n1)CC2. The molecule has 2 aliphatic rings. The number of halogens is 2. The van der Waals surface area contributed by atoms with Crippen LogP contribution < -0.4 is 9.62 Å². The van der Waals surface area contributed by atoms with E-state index >= 15 is 0 Å². The van der Waals surface area contributed by atoms with Crippen molar-refractivity contribution >= 4 is 51.5 Å². The van der Waals surface area contributed by atoms with Crippen LogP contribution in [0.1, 0.15) is 56.5 Å². The molecule has 206 valence electrons. The molecule has 0 saturated carbocycles. The first-order valence-electron chi connectivity index (χ1n) is 13.2. The summed E-state index contributed by atoms with van der Waals surface area (Å²) in [5.41, 5.74) is 4.30. The Morgan fingerprint density at radius 3 is 2.60 bits per heavy atom. The van der Waals surface area contributed by atoms with Gasteiger partial charge in [-0.25, -0.2) is 4.98 Å². The van der Waals surface area contributed by atoms with Crippen LogP contribution in [0, 0.1) is 16.7 Å². The van der Waals surface area contributed by atoms with E-state index in [2.05, 4.69) is 55.1 Å². The van der Waals surface area contributed by atoms with Gasteiger partial charge in [-0.05, 0) is 57.2 Å². The molecule has 2 aromatic carbocycles. The summed E-state index contributed by atoms with van der Waals surface area (Å²) < 4.78 is 16.3. The molecule has 0 unspecified atom stereocenters. The Kier molecular flexibility index (Phi) is 6.96. The Bertz CT molecular complexity index is 1640. The molecule has 0 amide bonds. The number of hydrogen-bond donors (Lipinski definition) is 2. The van der Waals surface area contributed by atoms with E-state index in [0.717, 1.165) is 19.3 Å². The molecule has 2 aromatic heterocycles. The quantitative estimate of drug-likeness (QED) is 0.273. The van der Waals surface area contributed by atoms with Gasteiger partial charge >= 0.3 is 0 Å². The van der Waals surface area contributed by atoms with Gasteiger partial charge in [0.2, 0.25) is 5.95 Å². The minimum Gasteiger partial charge on any atom is -0.598 e. The van der Waals surface area contributed by atoms with Crippen molar-refractivity contribution < 1.29 is 4.55 Å². The zero-order valence-corrected chi connectivity index (χ0v) is 24.8. The molecular weight excluding hydrogens is 565 g/mol. The number of rotatable bonds is 4. The third kappa shape index (κ3) is 4.62. The van der Waals surface area contributed by atoms with Crippen LogP contribution in [0.5, 0.6) is 0 Å². The monoisotopic (exact) mass is 593 g/mol. The summed E-state index contributed by atoms with van der Waals surface area (Å²) >= 11 is 11.5. The van der Waals surface area contributed by atoms with Gasteiger partial charge in [-0.15, -0.1) is 4.72 Å². The van der Waals surface area contributed by atoms with Gasteiger partial charge < -0.3 is 9.45 Å². The molecule has 0 radical (unpaired) electrons.